The third-order valence-corrected chi connectivity index (χ3v) is 3.23. The molecule has 0 aliphatic carbocycles. The lowest BCUT2D eigenvalue weighted by molar-refractivity contribution is -0.385. The molecule has 1 aromatic rings. The van der Waals surface area contributed by atoms with Gasteiger partial charge in [-0.05, 0) is 13.8 Å². The third-order valence-electron chi connectivity index (χ3n) is 3.23. The highest BCUT2D eigenvalue weighted by Gasteiger charge is 2.19. The van der Waals surface area contributed by atoms with Crippen molar-refractivity contribution in [2.24, 2.45) is 0 Å². The van der Waals surface area contributed by atoms with E-state index in [1.165, 1.54) is 6.20 Å². The second kappa shape index (κ2) is 5.45. The molecule has 1 saturated heterocycles. The van der Waals surface area contributed by atoms with E-state index in [2.05, 4.69) is 16.9 Å². The van der Waals surface area contributed by atoms with Crippen molar-refractivity contribution >= 4 is 5.69 Å². The van der Waals surface area contributed by atoms with Gasteiger partial charge in [0.15, 0.2) is 0 Å². The van der Waals surface area contributed by atoms with Crippen LogP contribution in [0.4, 0.5) is 5.69 Å². The highest BCUT2D eigenvalue weighted by molar-refractivity contribution is 5.31. The molecule has 7 heteroatoms. The molecule has 18 heavy (non-hydrogen) atoms. The Morgan fingerprint density at radius 1 is 1.61 bits per heavy atom. The molecule has 7 nitrogen and oxygen atoms in total. The summed E-state index contributed by atoms with van der Waals surface area (Å²) in [7, 11) is 0. The molecule has 0 N–H and O–H groups in total. The molecule has 1 aliphatic rings. The van der Waals surface area contributed by atoms with Crippen molar-refractivity contribution < 1.29 is 9.66 Å². The predicted molar refractivity (Wildman–Crippen MR) is 65.5 cm³/mol. The summed E-state index contributed by atoms with van der Waals surface area (Å²) in [6.07, 6.45) is 1.57. The first kappa shape index (κ1) is 13.0. The quantitative estimate of drug-likeness (QED) is 0.587. The zero-order valence-electron chi connectivity index (χ0n) is 10.7. The van der Waals surface area contributed by atoms with E-state index in [1.54, 1.807) is 11.6 Å². The largest absolute Gasteiger partial charge is 0.376 e. The fraction of sp³-hybridized carbons (Fsp3) is 0.727. The number of nitrogens with zero attached hydrogens (tertiary/aromatic N) is 4. The minimum absolute atomic E-state index is 0.0883. The zero-order chi connectivity index (χ0) is 13.1. The van der Waals surface area contributed by atoms with E-state index >= 15 is 0 Å². The van der Waals surface area contributed by atoms with Crippen LogP contribution in [0.2, 0.25) is 0 Å². The molecular weight excluding hydrogens is 236 g/mol. The number of hydrogen-bond donors (Lipinski definition) is 0. The van der Waals surface area contributed by atoms with Crippen molar-refractivity contribution in [3.8, 4) is 0 Å². The van der Waals surface area contributed by atoms with Crippen molar-refractivity contribution in [3.05, 3.63) is 22.0 Å². The van der Waals surface area contributed by atoms with Crippen LogP contribution >= 0.6 is 0 Å². The van der Waals surface area contributed by atoms with Crippen LogP contribution in [-0.2, 0) is 11.3 Å². The highest BCUT2D eigenvalue weighted by atomic mass is 16.6. The van der Waals surface area contributed by atoms with Crippen LogP contribution in [0.15, 0.2) is 6.20 Å². The van der Waals surface area contributed by atoms with Gasteiger partial charge < -0.3 is 4.74 Å². The Labute approximate surface area is 105 Å². The molecule has 0 spiro atoms. The maximum Gasteiger partial charge on any atom is 0.309 e. The fourth-order valence-electron chi connectivity index (χ4n) is 2.17. The standard InChI is InChI=1S/C11H18N4O3/c1-9-8-13(5-6-18-9)3-4-14-10(2)11(7-12-14)15(16)17/h7,9H,3-6,8H2,1-2H3. The third kappa shape index (κ3) is 2.85. The van der Waals surface area contributed by atoms with E-state index in [1.807, 2.05) is 0 Å². The predicted octanol–water partition coefficient (Wildman–Crippen LogP) is 0.820. The summed E-state index contributed by atoms with van der Waals surface area (Å²) in [6, 6.07) is 0. The first-order valence-corrected chi connectivity index (χ1v) is 6.08. The topological polar surface area (TPSA) is 73.4 Å². The number of morpholine rings is 1. The van der Waals surface area contributed by atoms with Gasteiger partial charge in [0, 0.05) is 19.6 Å². The van der Waals surface area contributed by atoms with Crippen molar-refractivity contribution in [1.29, 1.82) is 0 Å². The van der Waals surface area contributed by atoms with Gasteiger partial charge in [0.1, 0.15) is 11.9 Å². The Morgan fingerprint density at radius 2 is 2.39 bits per heavy atom. The minimum Gasteiger partial charge on any atom is -0.376 e. The highest BCUT2D eigenvalue weighted by Crippen LogP contribution is 2.16. The van der Waals surface area contributed by atoms with Gasteiger partial charge in [-0.15, -0.1) is 0 Å². The first-order chi connectivity index (χ1) is 8.58. The zero-order valence-corrected chi connectivity index (χ0v) is 10.7. The molecule has 1 atom stereocenters. The van der Waals surface area contributed by atoms with E-state index in [0.29, 0.717) is 12.2 Å². The Kier molecular flexibility index (Phi) is 3.93. The van der Waals surface area contributed by atoms with Crippen molar-refractivity contribution in [2.45, 2.75) is 26.5 Å². The second-order valence-corrected chi connectivity index (χ2v) is 4.58. The molecular formula is C11H18N4O3. The molecule has 1 fully saturated rings. The monoisotopic (exact) mass is 254 g/mol. The minimum atomic E-state index is -0.393. The lowest BCUT2D eigenvalue weighted by atomic mass is 10.3. The number of nitro groups is 1. The van der Waals surface area contributed by atoms with E-state index in [0.717, 1.165) is 26.2 Å². The van der Waals surface area contributed by atoms with Gasteiger partial charge in [0.05, 0.1) is 24.2 Å². The van der Waals surface area contributed by atoms with E-state index in [4.69, 9.17) is 4.74 Å². The molecule has 1 aromatic heterocycles. The molecule has 0 aromatic carbocycles. The second-order valence-electron chi connectivity index (χ2n) is 4.58. The molecule has 0 bridgehead atoms. The van der Waals surface area contributed by atoms with Crippen LogP contribution in [-0.4, -0.2) is 51.9 Å². The first-order valence-electron chi connectivity index (χ1n) is 6.08. The van der Waals surface area contributed by atoms with E-state index in [9.17, 15) is 10.1 Å². The van der Waals surface area contributed by atoms with Crippen molar-refractivity contribution in [2.75, 3.05) is 26.2 Å². The average molecular weight is 254 g/mol. The molecule has 100 valence electrons. The van der Waals surface area contributed by atoms with Gasteiger partial charge in [-0.2, -0.15) is 5.10 Å². The fourth-order valence-corrected chi connectivity index (χ4v) is 2.17. The normalized spacial score (nSPS) is 21.1. The van der Waals surface area contributed by atoms with Gasteiger partial charge >= 0.3 is 5.69 Å². The van der Waals surface area contributed by atoms with Crippen LogP contribution in [0.3, 0.4) is 0 Å². The molecule has 2 rings (SSSR count). The van der Waals surface area contributed by atoms with Gasteiger partial charge in [0.2, 0.25) is 0 Å². The lowest BCUT2D eigenvalue weighted by Gasteiger charge is -2.30. The van der Waals surface area contributed by atoms with Crippen LogP contribution < -0.4 is 0 Å². The number of aromatic nitrogens is 2. The Balaban J connectivity index is 1.92. The van der Waals surface area contributed by atoms with Crippen LogP contribution in [0, 0.1) is 17.0 Å². The number of hydrogen-bond acceptors (Lipinski definition) is 5. The molecule has 2 heterocycles. The summed E-state index contributed by atoms with van der Waals surface area (Å²) in [5, 5.41) is 14.8. The average Bonchev–Trinajstić information content (AvgIpc) is 2.68. The Bertz CT molecular complexity index is 432. The Hall–Kier alpha value is -1.47. The van der Waals surface area contributed by atoms with Crippen LogP contribution in [0.5, 0.6) is 0 Å². The van der Waals surface area contributed by atoms with Crippen LogP contribution in [0.25, 0.3) is 0 Å². The van der Waals surface area contributed by atoms with Gasteiger partial charge in [-0.3, -0.25) is 19.7 Å². The SMILES string of the molecule is Cc1c([N+](=O)[O-])cnn1CCN1CCOC(C)C1. The number of rotatable bonds is 4. The molecule has 1 aliphatic heterocycles. The number of ether oxygens (including phenoxy) is 1. The maximum absolute atomic E-state index is 10.7. The lowest BCUT2D eigenvalue weighted by Crippen LogP contribution is -2.42. The van der Waals surface area contributed by atoms with Crippen molar-refractivity contribution in [1.82, 2.24) is 14.7 Å². The van der Waals surface area contributed by atoms with Crippen LogP contribution in [0.1, 0.15) is 12.6 Å². The maximum atomic E-state index is 10.7. The molecule has 0 amide bonds. The van der Waals surface area contributed by atoms with Gasteiger partial charge in [-0.25, -0.2) is 0 Å². The smallest absolute Gasteiger partial charge is 0.309 e. The Morgan fingerprint density at radius 3 is 3.00 bits per heavy atom. The summed E-state index contributed by atoms with van der Waals surface area (Å²) in [4.78, 5) is 12.6. The molecule has 1 unspecified atom stereocenters. The molecule has 0 radical (unpaired) electrons. The summed E-state index contributed by atoms with van der Waals surface area (Å²) in [5.74, 6) is 0. The molecule has 0 saturated carbocycles. The summed E-state index contributed by atoms with van der Waals surface area (Å²) in [6.45, 7) is 7.86. The van der Waals surface area contributed by atoms with Crippen molar-refractivity contribution in [3.63, 3.8) is 0 Å². The summed E-state index contributed by atoms with van der Waals surface area (Å²) in [5.41, 5.74) is 0.701. The van der Waals surface area contributed by atoms with E-state index in [-0.39, 0.29) is 11.8 Å². The summed E-state index contributed by atoms with van der Waals surface area (Å²) >= 11 is 0. The van der Waals surface area contributed by atoms with Gasteiger partial charge in [0.25, 0.3) is 0 Å². The van der Waals surface area contributed by atoms with Gasteiger partial charge in [-0.1, -0.05) is 0 Å². The van der Waals surface area contributed by atoms with E-state index < -0.39 is 4.92 Å². The summed E-state index contributed by atoms with van der Waals surface area (Å²) < 4.78 is 7.16.